The van der Waals surface area contributed by atoms with Crippen molar-refractivity contribution in [3.63, 3.8) is 0 Å². The van der Waals surface area contributed by atoms with E-state index in [1.807, 2.05) is 0 Å². The Hall–Kier alpha value is -4.14. The van der Waals surface area contributed by atoms with Crippen LogP contribution >= 0.6 is 0 Å². The second kappa shape index (κ2) is 8.31. The molecule has 4 rings (SSSR count). The normalized spacial score (nSPS) is 17.4. The average molecular weight is 422 g/mol. The van der Waals surface area contributed by atoms with Crippen molar-refractivity contribution in [1.82, 2.24) is 4.90 Å². The standard InChI is InChI=1S/C22H18N2O7/c25-19(8-9-21(27)28)23(12-14-6-7-17-18(10-14)31-13-30-17)16-11-20(26)24(22(16)29)15-4-2-1-3-5-15/h1-10,16H,11-13H2,(H,27,28). The number of carboxylic acids is 1. The maximum atomic E-state index is 13.1. The lowest BCUT2D eigenvalue weighted by atomic mass is 10.1. The lowest BCUT2D eigenvalue weighted by Crippen LogP contribution is -2.44. The fourth-order valence-corrected chi connectivity index (χ4v) is 3.52. The smallest absolute Gasteiger partial charge is 0.328 e. The van der Waals surface area contributed by atoms with E-state index in [0.29, 0.717) is 28.8 Å². The second-order valence-corrected chi connectivity index (χ2v) is 6.95. The monoisotopic (exact) mass is 422 g/mol. The van der Waals surface area contributed by atoms with Crippen LogP contribution in [0.15, 0.2) is 60.7 Å². The number of ether oxygens (including phenoxy) is 2. The zero-order chi connectivity index (χ0) is 22.0. The van der Waals surface area contributed by atoms with Crippen LogP contribution in [0.25, 0.3) is 0 Å². The highest BCUT2D eigenvalue weighted by Crippen LogP contribution is 2.33. The van der Waals surface area contributed by atoms with Crippen LogP contribution in [-0.2, 0) is 25.7 Å². The summed E-state index contributed by atoms with van der Waals surface area (Å²) in [6.07, 6.45) is 1.37. The molecule has 0 radical (unpaired) electrons. The largest absolute Gasteiger partial charge is 0.478 e. The van der Waals surface area contributed by atoms with Gasteiger partial charge in [0.15, 0.2) is 11.5 Å². The lowest BCUT2D eigenvalue weighted by molar-refractivity contribution is -0.135. The molecular weight excluding hydrogens is 404 g/mol. The highest BCUT2D eigenvalue weighted by molar-refractivity contribution is 6.23. The number of para-hydroxylation sites is 1. The molecule has 2 heterocycles. The van der Waals surface area contributed by atoms with Gasteiger partial charge in [0, 0.05) is 18.7 Å². The first kappa shape index (κ1) is 20.1. The zero-order valence-corrected chi connectivity index (χ0v) is 16.3. The van der Waals surface area contributed by atoms with E-state index >= 15 is 0 Å². The summed E-state index contributed by atoms with van der Waals surface area (Å²) in [5, 5.41) is 8.87. The van der Waals surface area contributed by atoms with E-state index in [4.69, 9.17) is 14.6 Å². The fraction of sp³-hybridized carbons (Fsp3) is 0.182. The van der Waals surface area contributed by atoms with Crippen LogP contribution < -0.4 is 14.4 Å². The summed E-state index contributed by atoms with van der Waals surface area (Å²) in [6.45, 7) is 0.0657. The van der Waals surface area contributed by atoms with Crippen LogP contribution in [-0.4, -0.2) is 46.5 Å². The Balaban J connectivity index is 1.64. The molecule has 0 bridgehead atoms. The van der Waals surface area contributed by atoms with Crippen LogP contribution in [0.3, 0.4) is 0 Å². The number of carbonyl (C=O) groups excluding carboxylic acids is 3. The number of imide groups is 1. The topological polar surface area (TPSA) is 113 Å². The minimum atomic E-state index is -1.30. The summed E-state index contributed by atoms with van der Waals surface area (Å²) in [5.74, 6) is -1.90. The van der Waals surface area contributed by atoms with Crippen molar-refractivity contribution in [2.75, 3.05) is 11.7 Å². The SMILES string of the molecule is O=C(O)C=CC(=O)N(Cc1ccc2c(c1)OCO2)C1CC(=O)N(c2ccccc2)C1=O. The van der Waals surface area contributed by atoms with Gasteiger partial charge in [-0.25, -0.2) is 9.69 Å². The number of hydrogen-bond acceptors (Lipinski definition) is 6. The zero-order valence-electron chi connectivity index (χ0n) is 16.3. The molecule has 3 amide bonds. The summed E-state index contributed by atoms with van der Waals surface area (Å²) in [6, 6.07) is 12.4. The fourth-order valence-electron chi connectivity index (χ4n) is 3.52. The molecule has 1 atom stereocenters. The number of hydrogen-bond donors (Lipinski definition) is 1. The highest BCUT2D eigenvalue weighted by Gasteiger charge is 2.44. The summed E-state index contributed by atoms with van der Waals surface area (Å²) in [7, 11) is 0. The van der Waals surface area contributed by atoms with Gasteiger partial charge in [-0.1, -0.05) is 24.3 Å². The predicted octanol–water partition coefficient (Wildman–Crippen LogP) is 1.72. The number of anilines is 1. The van der Waals surface area contributed by atoms with Crippen molar-refractivity contribution in [2.45, 2.75) is 19.0 Å². The number of nitrogens with zero attached hydrogens (tertiary/aromatic N) is 2. The first-order chi connectivity index (χ1) is 14.9. The molecule has 2 aromatic rings. The van der Waals surface area contributed by atoms with Gasteiger partial charge in [0.2, 0.25) is 18.6 Å². The Morgan fingerprint density at radius 1 is 1.06 bits per heavy atom. The molecule has 1 fully saturated rings. The van der Waals surface area contributed by atoms with Gasteiger partial charge in [0.1, 0.15) is 6.04 Å². The molecule has 158 valence electrons. The number of aliphatic carboxylic acids is 1. The van der Waals surface area contributed by atoms with Crippen molar-refractivity contribution >= 4 is 29.4 Å². The second-order valence-electron chi connectivity index (χ2n) is 6.95. The molecule has 0 aromatic heterocycles. The molecule has 9 nitrogen and oxygen atoms in total. The van der Waals surface area contributed by atoms with Crippen molar-refractivity contribution < 1.29 is 33.8 Å². The van der Waals surface area contributed by atoms with Gasteiger partial charge in [0.05, 0.1) is 12.1 Å². The molecule has 2 aliphatic heterocycles. The molecule has 31 heavy (non-hydrogen) atoms. The Morgan fingerprint density at radius 2 is 1.81 bits per heavy atom. The highest BCUT2D eigenvalue weighted by atomic mass is 16.7. The van der Waals surface area contributed by atoms with Crippen molar-refractivity contribution in [2.24, 2.45) is 0 Å². The molecule has 2 aromatic carbocycles. The molecule has 0 spiro atoms. The van der Waals surface area contributed by atoms with E-state index in [1.54, 1.807) is 48.5 Å². The third kappa shape index (κ3) is 4.11. The van der Waals surface area contributed by atoms with E-state index in [0.717, 1.165) is 11.0 Å². The maximum absolute atomic E-state index is 13.1. The van der Waals surface area contributed by atoms with Crippen LogP contribution in [0.5, 0.6) is 11.5 Å². The summed E-state index contributed by atoms with van der Waals surface area (Å²) >= 11 is 0. The van der Waals surface area contributed by atoms with E-state index in [2.05, 4.69) is 0 Å². The number of amides is 3. The van der Waals surface area contributed by atoms with Crippen molar-refractivity contribution in [1.29, 1.82) is 0 Å². The quantitative estimate of drug-likeness (QED) is 0.557. The first-order valence-corrected chi connectivity index (χ1v) is 9.46. The Kier molecular flexibility index (Phi) is 5.40. The summed E-state index contributed by atoms with van der Waals surface area (Å²) < 4.78 is 10.6. The minimum Gasteiger partial charge on any atom is -0.478 e. The molecule has 1 saturated heterocycles. The van der Waals surface area contributed by atoms with E-state index in [9.17, 15) is 19.2 Å². The Bertz CT molecular complexity index is 1080. The number of carboxylic acid groups (broad SMARTS) is 1. The number of carbonyl (C=O) groups is 4. The summed E-state index contributed by atoms with van der Waals surface area (Å²) in [4.78, 5) is 51.6. The number of rotatable bonds is 6. The van der Waals surface area contributed by atoms with E-state index < -0.39 is 29.7 Å². The lowest BCUT2D eigenvalue weighted by Gasteiger charge is -2.26. The molecule has 2 aliphatic rings. The molecule has 0 saturated carbocycles. The minimum absolute atomic E-state index is 0.0221. The number of benzene rings is 2. The van der Waals surface area contributed by atoms with E-state index in [1.165, 1.54) is 4.90 Å². The van der Waals surface area contributed by atoms with Crippen LogP contribution in [0, 0.1) is 0 Å². The first-order valence-electron chi connectivity index (χ1n) is 9.46. The third-order valence-corrected chi connectivity index (χ3v) is 4.95. The maximum Gasteiger partial charge on any atom is 0.328 e. The molecular formula is C22H18N2O7. The van der Waals surface area contributed by atoms with Crippen LogP contribution in [0.2, 0.25) is 0 Å². The molecule has 0 aliphatic carbocycles. The summed E-state index contributed by atoms with van der Waals surface area (Å²) in [5.41, 5.74) is 1.05. The van der Waals surface area contributed by atoms with Gasteiger partial charge in [-0.15, -0.1) is 0 Å². The van der Waals surface area contributed by atoms with Gasteiger partial charge in [-0.2, -0.15) is 0 Å². The van der Waals surface area contributed by atoms with Crippen molar-refractivity contribution in [3.8, 4) is 11.5 Å². The van der Waals surface area contributed by atoms with Crippen LogP contribution in [0.4, 0.5) is 5.69 Å². The Labute approximate surface area is 177 Å². The van der Waals surface area contributed by atoms with Gasteiger partial charge >= 0.3 is 5.97 Å². The van der Waals surface area contributed by atoms with Gasteiger partial charge < -0.3 is 19.5 Å². The van der Waals surface area contributed by atoms with Gasteiger partial charge in [-0.05, 0) is 29.8 Å². The molecule has 1 N–H and O–H groups in total. The molecule has 9 heteroatoms. The number of fused-ring (bicyclic) bond motifs is 1. The van der Waals surface area contributed by atoms with Gasteiger partial charge in [0.25, 0.3) is 5.91 Å². The average Bonchev–Trinajstić information content (AvgIpc) is 3.34. The van der Waals surface area contributed by atoms with Crippen LogP contribution in [0.1, 0.15) is 12.0 Å². The molecule has 1 unspecified atom stereocenters. The third-order valence-electron chi connectivity index (χ3n) is 4.95. The Morgan fingerprint density at radius 3 is 2.55 bits per heavy atom. The van der Waals surface area contributed by atoms with Gasteiger partial charge in [-0.3, -0.25) is 14.4 Å². The van der Waals surface area contributed by atoms with Crippen molar-refractivity contribution in [3.05, 3.63) is 66.2 Å². The van der Waals surface area contributed by atoms with E-state index in [-0.39, 0.29) is 19.8 Å². The predicted molar refractivity (Wildman–Crippen MR) is 107 cm³/mol.